The van der Waals surface area contributed by atoms with Crippen molar-refractivity contribution in [1.82, 2.24) is 24.3 Å². The first-order valence-electron chi connectivity index (χ1n) is 9.73. The van der Waals surface area contributed by atoms with Crippen LogP contribution in [0, 0.1) is 20.8 Å². The molecule has 0 fully saturated rings. The summed E-state index contributed by atoms with van der Waals surface area (Å²) in [6.07, 6.45) is 1.70. The van der Waals surface area contributed by atoms with E-state index in [0.717, 1.165) is 17.0 Å². The summed E-state index contributed by atoms with van der Waals surface area (Å²) >= 11 is 1.19. The number of thioether (sulfide) groups is 1. The topological polar surface area (TPSA) is 94.7 Å². The van der Waals surface area contributed by atoms with Crippen molar-refractivity contribution in [3.63, 3.8) is 0 Å². The molecule has 1 N–H and O–H groups in total. The number of aryl methyl sites for hydroxylation is 3. The summed E-state index contributed by atoms with van der Waals surface area (Å²) in [5.74, 6) is 0.357. The van der Waals surface area contributed by atoms with E-state index in [9.17, 15) is 9.59 Å². The fourth-order valence-corrected chi connectivity index (χ4v) is 4.06. The van der Waals surface area contributed by atoms with E-state index >= 15 is 0 Å². The third-order valence-electron chi connectivity index (χ3n) is 4.98. The van der Waals surface area contributed by atoms with E-state index < -0.39 is 0 Å². The Labute approximate surface area is 183 Å². The van der Waals surface area contributed by atoms with Crippen molar-refractivity contribution in [3.05, 3.63) is 69.9 Å². The first kappa shape index (κ1) is 20.8. The number of hydrogen-bond donors (Lipinski definition) is 1. The second kappa shape index (κ2) is 8.35. The molecular formula is C22H22N6O2S. The molecule has 3 aromatic heterocycles. The van der Waals surface area contributed by atoms with Crippen molar-refractivity contribution in [2.45, 2.75) is 25.9 Å². The van der Waals surface area contributed by atoms with Gasteiger partial charge in [0.1, 0.15) is 5.82 Å². The highest BCUT2D eigenvalue weighted by atomic mass is 32.2. The standard InChI is InChI=1S/C22H22N6O2S/c1-13-9-10-18(23-11-13)28-21(30)16-7-5-6-8-17(16)24-22(28)31-12-19(29)25-20-14(2)26-27(4)15(20)3/h5-11H,12H2,1-4H3,(H,25,29). The van der Waals surface area contributed by atoms with E-state index in [4.69, 9.17) is 0 Å². The van der Waals surface area contributed by atoms with Crippen LogP contribution in [0.2, 0.25) is 0 Å². The summed E-state index contributed by atoms with van der Waals surface area (Å²) < 4.78 is 3.18. The van der Waals surface area contributed by atoms with Crippen LogP contribution in [-0.2, 0) is 11.8 Å². The van der Waals surface area contributed by atoms with Gasteiger partial charge in [-0.3, -0.25) is 14.3 Å². The van der Waals surface area contributed by atoms with E-state index in [-0.39, 0.29) is 17.2 Å². The Kier molecular flexibility index (Phi) is 5.60. The minimum atomic E-state index is -0.219. The number of fused-ring (bicyclic) bond motifs is 1. The van der Waals surface area contributed by atoms with E-state index in [2.05, 4.69) is 20.4 Å². The van der Waals surface area contributed by atoms with Gasteiger partial charge in [0.05, 0.1) is 33.7 Å². The van der Waals surface area contributed by atoms with Crippen LogP contribution in [0.15, 0.2) is 52.5 Å². The zero-order valence-corrected chi connectivity index (χ0v) is 18.5. The quantitative estimate of drug-likeness (QED) is 0.383. The molecular weight excluding hydrogens is 412 g/mol. The van der Waals surface area contributed by atoms with Gasteiger partial charge in [0, 0.05) is 13.2 Å². The van der Waals surface area contributed by atoms with Crippen LogP contribution in [0.25, 0.3) is 16.7 Å². The Balaban J connectivity index is 1.68. The molecule has 158 valence electrons. The highest BCUT2D eigenvalue weighted by Crippen LogP contribution is 2.22. The molecule has 4 aromatic rings. The molecule has 1 aromatic carbocycles. The van der Waals surface area contributed by atoms with Gasteiger partial charge in [0.15, 0.2) is 5.16 Å². The van der Waals surface area contributed by atoms with Crippen LogP contribution in [-0.4, -0.2) is 36.0 Å². The molecule has 0 aliphatic rings. The minimum absolute atomic E-state index is 0.0877. The molecule has 0 bridgehead atoms. The number of amides is 1. The van der Waals surface area contributed by atoms with Crippen LogP contribution >= 0.6 is 11.8 Å². The maximum absolute atomic E-state index is 13.2. The summed E-state index contributed by atoms with van der Waals surface area (Å²) in [5.41, 5.74) is 3.68. The average molecular weight is 435 g/mol. The second-order valence-electron chi connectivity index (χ2n) is 7.25. The molecule has 4 rings (SSSR count). The third kappa shape index (κ3) is 4.09. The molecule has 0 saturated heterocycles. The lowest BCUT2D eigenvalue weighted by atomic mass is 10.2. The molecule has 3 heterocycles. The Hall–Kier alpha value is -3.46. The molecule has 0 aliphatic carbocycles. The summed E-state index contributed by atoms with van der Waals surface area (Å²) in [5, 5.41) is 8.14. The van der Waals surface area contributed by atoms with Gasteiger partial charge in [-0.15, -0.1) is 0 Å². The van der Waals surface area contributed by atoms with Gasteiger partial charge in [-0.25, -0.2) is 14.5 Å². The van der Waals surface area contributed by atoms with E-state index in [1.807, 2.05) is 40.0 Å². The molecule has 31 heavy (non-hydrogen) atoms. The number of hydrogen-bond acceptors (Lipinski definition) is 6. The van der Waals surface area contributed by atoms with Gasteiger partial charge >= 0.3 is 0 Å². The molecule has 0 unspecified atom stereocenters. The Bertz CT molecular complexity index is 1340. The monoisotopic (exact) mass is 434 g/mol. The molecule has 0 radical (unpaired) electrons. The highest BCUT2D eigenvalue weighted by molar-refractivity contribution is 7.99. The number of nitrogens with one attached hydrogen (secondary N) is 1. The van der Waals surface area contributed by atoms with Crippen LogP contribution < -0.4 is 10.9 Å². The van der Waals surface area contributed by atoms with E-state index in [1.165, 1.54) is 16.3 Å². The molecule has 1 amide bonds. The molecule has 0 atom stereocenters. The lowest BCUT2D eigenvalue weighted by Gasteiger charge is -2.12. The molecule has 9 heteroatoms. The smallest absolute Gasteiger partial charge is 0.267 e. The van der Waals surface area contributed by atoms with Gasteiger partial charge in [0.2, 0.25) is 5.91 Å². The fourth-order valence-electron chi connectivity index (χ4n) is 3.26. The predicted molar refractivity (Wildman–Crippen MR) is 122 cm³/mol. The number of aromatic nitrogens is 5. The lowest BCUT2D eigenvalue weighted by molar-refractivity contribution is -0.113. The van der Waals surface area contributed by atoms with Crippen molar-refractivity contribution in [2.24, 2.45) is 7.05 Å². The Morgan fingerprint density at radius 3 is 2.58 bits per heavy atom. The Morgan fingerprint density at radius 1 is 1.13 bits per heavy atom. The van der Waals surface area contributed by atoms with Crippen LogP contribution in [0.4, 0.5) is 5.69 Å². The zero-order valence-electron chi connectivity index (χ0n) is 17.7. The van der Waals surface area contributed by atoms with Crippen molar-refractivity contribution in [3.8, 4) is 5.82 Å². The number of para-hydroxylation sites is 1. The van der Waals surface area contributed by atoms with Crippen molar-refractivity contribution >= 4 is 34.3 Å². The molecule has 0 spiro atoms. The molecule has 8 nitrogen and oxygen atoms in total. The number of pyridine rings is 1. The number of anilines is 1. The second-order valence-corrected chi connectivity index (χ2v) is 8.19. The first-order chi connectivity index (χ1) is 14.8. The summed E-state index contributed by atoms with van der Waals surface area (Å²) in [6.45, 7) is 5.68. The number of benzene rings is 1. The number of nitrogens with zero attached hydrogens (tertiary/aromatic N) is 5. The Morgan fingerprint density at radius 2 is 1.90 bits per heavy atom. The maximum atomic E-state index is 13.2. The third-order valence-corrected chi connectivity index (χ3v) is 5.91. The highest BCUT2D eigenvalue weighted by Gasteiger charge is 2.17. The van der Waals surface area contributed by atoms with Gasteiger partial charge in [-0.2, -0.15) is 5.10 Å². The maximum Gasteiger partial charge on any atom is 0.267 e. The summed E-state index contributed by atoms with van der Waals surface area (Å²) in [4.78, 5) is 34.9. The normalized spacial score (nSPS) is 11.1. The van der Waals surface area contributed by atoms with Crippen molar-refractivity contribution < 1.29 is 4.79 Å². The van der Waals surface area contributed by atoms with Crippen LogP contribution in [0.3, 0.4) is 0 Å². The van der Waals surface area contributed by atoms with Gasteiger partial charge in [-0.05, 0) is 44.5 Å². The number of carbonyl (C=O) groups is 1. The van der Waals surface area contributed by atoms with Crippen LogP contribution in [0.1, 0.15) is 17.0 Å². The van der Waals surface area contributed by atoms with Crippen LogP contribution in [0.5, 0.6) is 0 Å². The summed E-state index contributed by atoms with van der Waals surface area (Å²) in [7, 11) is 1.83. The van der Waals surface area contributed by atoms with Gasteiger partial charge in [0.25, 0.3) is 5.56 Å². The largest absolute Gasteiger partial charge is 0.322 e. The lowest BCUT2D eigenvalue weighted by Crippen LogP contribution is -2.23. The number of rotatable bonds is 5. The zero-order chi connectivity index (χ0) is 22.1. The average Bonchev–Trinajstić information content (AvgIpc) is 2.99. The molecule has 0 aliphatic heterocycles. The van der Waals surface area contributed by atoms with Crippen molar-refractivity contribution in [1.29, 1.82) is 0 Å². The van der Waals surface area contributed by atoms with E-state index in [0.29, 0.717) is 27.6 Å². The SMILES string of the molecule is Cc1ccc(-n2c(SCC(=O)Nc3c(C)nn(C)c3C)nc3ccccc3c2=O)nc1. The van der Waals surface area contributed by atoms with E-state index in [1.54, 1.807) is 35.1 Å². The van der Waals surface area contributed by atoms with Gasteiger partial charge in [-0.1, -0.05) is 30.0 Å². The predicted octanol–water partition coefficient (Wildman–Crippen LogP) is 3.17. The van der Waals surface area contributed by atoms with Crippen molar-refractivity contribution in [2.75, 3.05) is 11.1 Å². The van der Waals surface area contributed by atoms with Gasteiger partial charge < -0.3 is 5.32 Å². The molecule has 0 saturated carbocycles. The first-order valence-corrected chi connectivity index (χ1v) is 10.7. The fraction of sp³-hybridized carbons (Fsp3) is 0.227. The minimum Gasteiger partial charge on any atom is -0.322 e. The summed E-state index contributed by atoms with van der Waals surface area (Å²) in [6, 6.07) is 10.8. The number of carbonyl (C=O) groups excluding carboxylic acids is 1.